The number of hydrogen-bond acceptors (Lipinski definition) is 3. The van der Waals surface area contributed by atoms with Crippen molar-refractivity contribution in [2.45, 2.75) is 68.0 Å². The van der Waals surface area contributed by atoms with Gasteiger partial charge in [0.15, 0.2) is 0 Å². The van der Waals surface area contributed by atoms with Crippen molar-refractivity contribution in [1.29, 1.82) is 0 Å². The van der Waals surface area contributed by atoms with E-state index in [1.54, 1.807) is 0 Å². The van der Waals surface area contributed by atoms with Crippen LogP contribution >= 0.6 is 23.5 Å². The van der Waals surface area contributed by atoms with E-state index in [1.165, 1.54) is 44.3 Å². The van der Waals surface area contributed by atoms with Crippen molar-refractivity contribution in [1.82, 2.24) is 5.32 Å². The first-order valence-corrected chi connectivity index (χ1v) is 9.03. The van der Waals surface area contributed by atoms with Gasteiger partial charge in [0.05, 0.1) is 0 Å². The van der Waals surface area contributed by atoms with E-state index in [1.807, 2.05) is 0 Å². The molecule has 0 radical (unpaired) electrons. The summed E-state index contributed by atoms with van der Waals surface area (Å²) < 4.78 is 0. The molecule has 0 aromatic heterocycles. The van der Waals surface area contributed by atoms with Crippen LogP contribution in [-0.4, -0.2) is 34.6 Å². The second-order valence-electron chi connectivity index (χ2n) is 5.21. The number of rotatable bonds is 3. The molecule has 0 aromatic carbocycles. The molecule has 0 amide bonds. The Labute approximate surface area is 109 Å². The minimum absolute atomic E-state index is 0.782. The van der Waals surface area contributed by atoms with Crippen molar-refractivity contribution in [3.63, 3.8) is 0 Å². The monoisotopic (exact) mass is 259 g/mol. The summed E-state index contributed by atoms with van der Waals surface area (Å²) in [6.07, 6.45) is 10.7. The van der Waals surface area contributed by atoms with Crippen molar-refractivity contribution < 1.29 is 0 Å². The van der Waals surface area contributed by atoms with Crippen LogP contribution in [0.4, 0.5) is 0 Å². The lowest BCUT2D eigenvalue weighted by atomic mass is 9.93. The molecular weight excluding hydrogens is 234 g/mol. The maximum absolute atomic E-state index is 3.94. The average molecular weight is 259 g/mol. The molecule has 0 aromatic rings. The van der Waals surface area contributed by atoms with Gasteiger partial charge < -0.3 is 5.32 Å². The molecule has 16 heavy (non-hydrogen) atoms. The van der Waals surface area contributed by atoms with Crippen LogP contribution in [0, 0.1) is 0 Å². The number of nitrogens with one attached hydrogen (secondary N) is 1. The topological polar surface area (TPSA) is 12.0 Å². The Balaban J connectivity index is 1.79. The molecule has 0 spiro atoms. The van der Waals surface area contributed by atoms with Crippen molar-refractivity contribution in [2.24, 2.45) is 0 Å². The summed E-state index contributed by atoms with van der Waals surface area (Å²) >= 11 is 4.22. The molecule has 2 fully saturated rings. The average Bonchev–Trinajstić information content (AvgIpc) is 2.32. The van der Waals surface area contributed by atoms with Crippen LogP contribution in [0.3, 0.4) is 0 Å². The van der Waals surface area contributed by atoms with E-state index < -0.39 is 0 Å². The Morgan fingerprint density at radius 3 is 2.81 bits per heavy atom. The van der Waals surface area contributed by atoms with Crippen LogP contribution in [0.15, 0.2) is 0 Å². The van der Waals surface area contributed by atoms with Gasteiger partial charge in [-0.3, -0.25) is 0 Å². The number of hydrogen-bond donors (Lipinski definition) is 1. The fourth-order valence-electron chi connectivity index (χ4n) is 2.96. The van der Waals surface area contributed by atoms with E-state index in [9.17, 15) is 0 Å². The van der Waals surface area contributed by atoms with Gasteiger partial charge in [0.25, 0.3) is 0 Å². The largest absolute Gasteiger partial charge is 0.310 e. The highest BCUT2D eigenvalue weighted by Crippen LogP contribution is 2.30. The molecule has 1 aliphatic heterocycles. The lowest BCUT2D eigenvalue weighted by Gasteiger charge is -2.36. The van der Waals surface area contributed by atoms with E-state index >= 15 is 0 Å². The van der Waals surface area contributed by atoms with Gasteiger partial charge in [-0.25, -0.2) is 0 Å². The highest BCUT2D eigenvalue weighted by atomic mass is 32.2. The van der Waals surface area contributed by atoms with E-state index in [4.69, 9.17) is 0 Å². The van der Waals surface area contributed by atoms with Gasteiger partial charge >= 0.3 is 0 Å². The fraction of sp³-hybridized carbons (Fsp3) is 1.00. The van der Waals surface area contributed by atoms with Crippen LogP contribution in [0.2, 0.25) is 0 Å². The normalized spacial score (nSPS) is 40.9. The van der Waals surface area contributed by atoms with Crippen molar-refractivity contribution in [3.05, 3.63) is 0 Å². The molecule has 2 aliphatic rings. The Morgan fingerprint density at radius 2 is 2.06 bits per heavy atom. The van der Waals surface area contributed by atoms with Crippen molar-refractivity contribution >= 4 is 23.5 Å². The molecule has 1 nitrogen and oxygen atoms in total. The molecule has 1 aliphatic carbocycles. The van der Waals surface area contributed by atoms with Crippen molar-refractivity contribution in [2.75, 3.05) is 12.0 Å². The lowest BCUT2D eigenvalue weighted by molar-refractivity contribution is 0.327. The maximum Gasteiger partial charge on any atom is 0.0186 e. The first-order valence-electron chi connectivity index (χ1n) is 6.70. The Kier molecular flexibility index (Phi) is 5.37. The zero-order valence-corrected chi connectivity index (χ0v) is 12.2. The maximum atomic E-state index is 3.94. The molecule has 1 heterocycles. The third kappa shape index (κ3) is 3.58. The van der Waals surface area contributed by atoms with E-state index in [-0.39, 0.29) is 0 Å². The molecule has 2 rings (SSSR count). The third-order valence-corrected chi connectivity index (χ3v) is 6.49. The van der Waals surface area contributed by atoms with Gasteiger partial charge in [-0.1, -0.05) is 13.3 Å². The first-order chi connectivity index (χ1) is 7.79. The summed E-state index contributed by atoms with van der Waals surface area (Å²) in [5.41, 5.74) is 0. The summed E-state index contributed by atoms with van der Waals surface area (Å²) in [4.78, 5) is 0. The van der Waals surface area contributed by atoms with Crippen LogP contribution in [0.1, 0.15) is 45.4 Å². The standard InChI is InChI=1S/C13H25NS2/c1-10-13(7-4-8-16-10)14-11-5-3-6-12(9-11)15-2/h10-14H,3-9H2,1-2H3. The molecular formula is C13H25NS2. The Bertz CT molecular complexity index is 210. The SMILES string of the molecule is CSC1CCCC(NC2CCCSC2C)C1. The minimum Gasteiger partial charge on any atom is -0.310 e. The van der Waals surface area contributed by atoms with Gasteiger partial charge in [-0.2, -0.15) is 23.5 Å². The highest BCUT2D eigenvalue weighted by Gasteiger charge is 2.27. The van der Waals surface area contributed by atoms with Gasteiger partial charge in [-0.05, 0) is 44.1 Å². The van der Waals surface area contributed by atoms with E-state index in [0.29, 0.717) is 0 Å². The molecule has 94 valence electrons. The van der Waals surface area contributed by atoms with Gasteiger partial charge in [0, 0.05) is 22.6 Å². The molecule has 1 N–H and O–H groups in total. The summed E-state index contributed by atoms with van der Waals surface area (Å²) in [6, 6.07) is 1.58. The number of thioether (sulfide) groups is 2. The molecule has 4 unspecified atom stereocenters. The summed E-state index contributed by atoms with van der Waals surface area (Å²) in [5, 5.41) is 5.67. The second-order valence-corrected chi connectivity index (χ2v) is 7.84. The van der Waals surface area contributed by atoms with Crippen molar-refractivity contribution in [3.8, 4) is 0 Å². The molecule has 4 atom stereocenters. The van der Waals surface area contributed by atoms with Gasteiger partial charge in [0.1, 0.15) is 0 Å². The van der Waals surface area contributed by atoms with Gasteiger partial charge in [0.2, 0.25) is 0 Å². The minimum atomic E-state index is 0.782. The summed E-state index contributed by atoms with van der Waals surface area (Å²) in [7, 11) is 0. The van der Waals surface area contributed by atoms with E-state index in [0.717, 1.165) is 22.6 Å². The van der Waals surface area contributed by atoms with Crippen LogP contribution in [0.25, 0.3) is 0 Å². The van der Waals surface area contributed by atoms with E-state index in [2.05, 4.69) is 42.0 Å². The highest BCUT2D eigenvalue weighted by molar-refractivity contribution is 8.00. The zero-order valence-electron chi connectivity index (χ0n) is 10.6. The third-order valence-electron chi connectivity index (χ3n) is 4.02. The Hall–Kier alpha value is 0.660. The Morgan fingerprint density at radius 1 is 1.19 bits per heavy atom. The molecule has 1 saturated carbocycles. The molecule has 1 saturated heterocycles. The quantitative estimate of drug-likeness (QED) is 0.833. The smallest absolute Gasteiger partial charge is 0.0186 e. The second kappa shape index (κ2) is 6.55. The first kappa shape index (κ1) is 13.1. The van der Waals surface area contributed by atoms with Crippen LogP contribution in [0.5, 0.6) is 0 Å². The molecule has 0 bridgehead atoms. The lowest BCUT2D eigenvalue weighted by Crippen LogP contribution is -2.47. The summed E-state index contributed by atoms with van der Waals surface area (Å²) in [5.74, 6) is 1.37. The van der Waals surface area contributed by atoms with Crippen LogP contribution in [-0.2, 0) is 0 Å². The van der Waals surface area contributed by atoms with Gasteiger partial charge in [-0.15, -0.1) is 0 Å². The molecule has 3 heteroatoms. The predicted octanol–water partition coefficient (Wildman–Crippen LogP) is 3.53. The summed E-state index contributed by atoms with van der Waals surface area (Å²) in [6.45, 7) is 2.40. The zero-order chi connectivity index (χ0) is 11.4. The van der Waals surface area contributed by atoms with Crippen LogP contribution < -0.4 is 5.32 Å². The fourth-order valence-corrected chi connectivity index (χ4v) is 4.93. The predicted molar refractivity (Wildman–Crippen MR) is 77.6 cm³/mol.